The molecule has 1 aromatic heterocycles. The fraction of sp³-hybridized carbons (Fsp3) is 0.750. The van der Waals surface area contributed by atoms with E-state index in [1.165, 1.54) is 22.6 Å². The van der Waals surface area contributed by atoms with Crippen LogP contribution in [0, 0.1) is 30.1 Å². The van der Waals surface area contributed by atoms with Gasteiger partial charge in [0.25, 0.3) is 0 Å². The summed E-state index contributed by atoms with van der Waals surface area (Å²) in [6.45, 7) is 10.7. The molecule has 100 valence electrons. The van der Waals surface area contributed by atoms with Gasteiger partial charge < -0.3 is 5.32 Å². The van der Waals surface area contributed by atoms with E-state index in [-0.39, 0.29) is 0 Å². The van der Waals surface area contributed by atoms with E-state index in [2.05, 4.69) is 45.1 Å². The van der Waals surface area contributed by atoms with Crippen LogP contribution in [0.4, 0.5) is 0 Å². The summed E-state index contributed by atoms with van der Waals surface area (Å²) in [7, 11) is 0. The molecule has 0 saturated heterocycles. The molecule has 1 aromatic rings. The Balaban J connectivity index is 1.59. The van der Waals surface area contributed by atoms with Crippen LogP contribution in [0.15, 0.2) is 12.1 Å². The normalized spacial score (nSPS) is 37.3. The molecule has 0 aromatic carbocycles. The summed E-state index contributed by atoms with van der Waals surface area (Å²) in [5.74, 6) is 2.74. The molecule has 3 saturated carbocycles. The lowest BCUT2D eigenvalue weighted by atomic mass is 9.45. The minimum absolute atomic E-state index is 0.608. The van der Waals surface area contributed by atoms with Crippen molar-refractivity contribution >= 4 is 11.3 Å². The van der Waals surface area contributed by atoms with Gasteiger partial charge in [0.1, 0.15) is 0 Å². The van der Waals surface area contributed by atoms with E-state index in [9.17, 15) is 0 Å². The summed E-state index contributed by atoms with van der Waals surface area (Å²) in [5.41, 5.74) is 0.608. The van der Waals surface area contributed by atoms with Crippen LogP contribution in [0.1, 0.15) is 43.4 Å². The van der Waals surface area contributed by atoms with Crippen molar-refractivity contribution in [2.75, 3.05) is 0 Å². The Kier molecular flexibility index (Phi) is 3.06. The lowest BCUT2D eigenvalue weighted by Crippen LogP contribution is -2.59. The van der Waals surface area contributed by atoms with Gasteiger partial charge in [0, 0.05) is 22.3 Å². The molecule has 0 aliphatic heterocycles. The van der Waals surface area contributed by atoms with Gasteiger partial charge in [-0.15, -0.1) is 11.3 Å². The summed E-state index contributed by atoms with van der Waals surface area (Å²) in [5, 5.41) is 3.81. The van der Waals surface area contributed by atoms with Gasteiger partial charge >= 0.3 is 0 Å². The number of hydrogen-bond acceptors (Lipinski definition) is 2. The average Bonchev–Trinajstić information content (AvgIpc) is 2.73. The standard InChI is InChI=1S/C16H25NS/c1-10-5-6-13(18-10)9-17-15-8-12-7-14(11(15)2)16(12,3)4/h5-6,11-12,14-15,17H,7-9H2,1-4H3/t11-,12+,14-,15-/m1/s1. The Morgan fingerprint density at radius 3 is 2.67 bits per heavy atom. The highest BCUT2D eigenvalue weighted by atomic mass is 32.1. The molecule has 18 heavy (non-hydrogen) atoms. The van der Waals surface area contributed by atoms with Gasteiger partial charge in [-0.05, 0) is 55.1 Å². The molecule has 1 heterocycles. The molecule has 0 radical (unpaired) electrons. The van der Waals surface area contributed by atoms with Crippen LogP contribution in [0.5, 0.6) is 0 Å². The summed E-state index contributed by atoms with van der Waals surface area (Å²) >= 11 is 1.93. The number of thiophene rings is 1. The molecule has 3 fully saturated rings. The van der Waals surface area contributed by atoms with Crippen molar-refractivity contribution in [3.8, 4) is 0 Å². The van der Waals surface area contributed by atoms with E-state index in [0.29, 0.717) is 5.41 Å². The van der Waals surface area contributed by atoms with E-state index in [1.54, 1.807) is 0 Å². The molecular formula is C16H25NS. The SMILES string of the molecule is Cc1ccc(CN[C@@H]2C[C@@H]3C[C@H]([C@H]2C)C3(C)C)s1. The van der Waals surface area contributed by atoms with Crippen molar-refractivity contribution in [3.05, 3.63) is 21.9 Å². The average molecular weight is 263 g/mol. The molecule has 4 rings (SSSR count). The van der Waals surface area contributed by atoms with Crippen molar-refractivity contribution in [2.45, 2.75) is 53.1 Å². The van der Waals surface area contributed by atoms with Gasteiger partial charge in [-0.1, -0.05) is 20.8 Å². The number of aryl methyl sites for hydroxylation is 1. The highest BCUT2D eigenvalue weighted by Crippen LogP contribution is 2.61. The minimum Gasteiger partial charge on any atom is -0.309 e. The summed E-state index contributed by atoms with van der Waals surface area (Å²) in [4.78, 5) is 2.91. The first-order valence-corrected chi connectivity index (χ1v) is 8.09. The molecule has 2 bridgehead atoms. The number of rotatable bonds is 3. The van der Waals surface area contributed by atoms with Crippen LogP contribution in [0.3, 0.4) is 0 Å². The lowest BCUT2D eigenvalue weighted by Gasteiger charge is -2.62. The Morgan fingerprint density at radius 1 is 1.33 bits per heavy atom. The molecule has 0 spiro atoms. The van der Waals surface area contributed by atoms with Crippen molar-refractivity contribution in [2.24, 2.45) is 23.2 Å². The first kappa shape index (κ1) is 12.7. The van der Waals surface area contributed by atoms with Crippen molar-refractivity contribution in [1.29, 1.82) is 0 Å². The maximum absolute atomic E-state index is 3.81. The van der Waals surface area contributed by atoms with E-state index in [0.717, 1.165) is 30.3 Å². The maximum atomic E-state index is 3.81. The van der Waals surface area contributed by atoms with Gasteiger partial charge in [-0.3, -0.25) is 0 Å². The fourth-order valence-corrected chi connectivity index (χ4v) is 5.07. The zero-order chi connectivity index (χ0) is 12.9. The van der Waals surface area contributed by atoms with Gasteiger partial charge in [-0.2, -0.15) is 0 Å². The molecule has 3 aliphatic carbocycles. The van der Waals surface area contributed by atoms with Crippen molar-refractivity contribution in [1.82, 2.24) is 5.32 Å². The van der Waals surface area contributed by atoms with Crippen molar-refractivity contribution < 1.29 is 0 Å². The van der Waals surface area contributed by atoms with Crippen LogP contribution < -0.4 is 5.32 Å². The third kappa shape index (κ3) is 1.94. The van der Waals surface area contributed by atoms with Gasteiger partial charge in [0.15, 0.2) is 0 Å². The highest BCUT2D eigenvalue weighted by Gasteiger charge is 2.55. The second kappa shape index (κ2) is 4.35. The van der Waals surface area contributed by atoms with Crippen molar-refractivity contribution in [3.63, 3.8) is 0 Å². The van der Waals surface area contributed by atoms with Crippen LogP contribution in [0.2, 0.25) is 0 Å². The maximum Gasteiger partial charge on any atom is 0.0302 e. The van der Waals surface area contributed by atoms with Gasteiger partial charge in [0.05, 0.1) is 0 Å². The second-order valence-corrected chi connectivity index (χ2v) is 8.33. The third-order valence-electron chi connectivity index (χ3n) is 5.69. The van der Waals surface area contributed by atoms with Crippen LogP contribution in [0.25, 0.3) is 0 Å². The molecule has 0 amide bonds. The number of nitrogens with one attached hydrogen (secondary N) is 1. The van der Waals surface area contributed by atoms with E-state index < -0.39 is 0 Å². The topological polar surface area (TPSA) is 12.0 Å². The molecular weight excluding hydrogens is 238 g/mol. The minimum atomic E-state index is 0.608. The van der Waals surface area contributed by atoms with Crippen LogP contribution >= 0.6 is 11.3 Å². The predicted molar refractivity (Wildman–Crippen MR) is 78.8 cm³/mol. The Morgan fingerprint density at radius 2 is 2.11 bits per heavy atom. The molecule has 0 unspecified atom stereocenters. The largest absolute Gasteiger partial charge is 0.309 e. The van der Waals surface area contributed by atoms with Crippen LogP contribution in [-0.2, 0) is 6.54 Å². The summed E-state index contributed by atoms with van der Waals surface area (Å²) in [6, 6.07) is 5.24. The zero-order valence-electron chi connectivity index (χ0n) is 12.0. The Labute approximate surface area is 115 Å². The quantitative estimate of drug-likeness (QED) is 0.861. The molecule has 1 N–H and O–H groups in total. The summed E-state index contributed by atoms with van der Waals surface area (Å²) < 4.78 is 0. The predicted octanol–water partition coefficient (Wildman–Crippen LogP) is 4.22. The first-order valence-electron chi connectivity index (χ1n) is 7.27. The fourth-order valence-electron chi connectivity index (χ4n) is 4.23. The smallest absolute Gasteiger partial charge is 0.0302 e. The van der Waals surface area contributed by atoms with Crippen LogP contribution in [-0.4, -0.2) is 6.04 Å². The second-order valence-electron chi connectivity index (χ2n) is 6.96. The Bertz CT molecular complexity index is 434. The highest BCUT2D eigenvalue weighted by molar-refractivity contribution is 7.11. The summed E-state index contributed by atoms with van der Waals surface area (Å²) in [6.07, 6.45) is 2.86. The molecule has 1 nitrogen and oxygen atoms in total. The lowest BCUT2D eigenvalue weighted by molar-refractivity contribution is -0.115. The first-order chi connectivity index (χ1) is 8.48. The molecule has 2 heteroatoms. The Hall–Kier alpha value is -0.340. The van der Waals surface area contributed by atoms with Gasteiger partial charge in [-0.25, -0.2) is 0 Å². The molecule has 3 aliphatic rings. The van der Waals surface area contributed by atoms with E-state index in [1.807, 2.05) is 11.3 Å². The number of hydrogen-bond donors (Lipinski definition) is 1. The number of fused-ring (bicyclic) bond motifs is 2. The third-order valence-corrected chi connectivity index (χ3v) is 6.69. The zero-order valence-corrected chi connectivity index (χ0v) is 12.8. The monoisotopic (exact) mass is 263 g/mol. The molecule has 4 atom stereocenters. The van der Waals surface area contributed by atoms with E-state index in [4.69, 9.17) is 0 Å². The van der Waals surface area contributed by atoms with E-state index >= 15 is 0 Å². The van der Waals surface area contributed by atoms with Gasteiger partial charge in [0.2, 0.25) is 0 Å².